The van der Waals surface area contributed by atoms with Crippen LogP contribution in [0.3, 0.4) is 0 Å². The van der Waals surface area contributed by atoms with Gasteiger partial charge in [-0.05, 0) is 35.9 Å². The monoisotopic (exact) mass is 387 g/mol. The van der Waals surface area contributed by atoms with Crippen LogP contribution in [-0.2, 0) is 6.54 Å². The number of nitrogens with zero attached hydrogens (tertiary/aromatic N) is 2. The minimum absolute atomic E-state index is 0.135. The van der Waals surface area contributed by atoms with Gasteiger partial charge in [-0.1, -0.05) is 30.3 Å². The van der Waals surface area contributed by atoms with E-state index in [9.17, 15) is 4.79 Å². The number of fused-ring (bicyclic) bond motifs is 1. The lowest BCUT2D eigenvalue weighted by molar-refractivity contribution is 0.0951. The van der Waals surface area contributed by atoms with Crippen LogP contribution in [0.5, 0.6) is 11.5 Å². The number of benzene rings is 3. The average Bonchev–Trinajstić information content (AvgIpc) is 3.20. The normalized spacial score (nSPS) is 10.7. The molecule has 6 nitrogen and oxygen atoms in total. The molecule has 0 unspecified atom stereocenters. The van der Waals surface area contributed by atoms with Crippen LogP contribution in [0.2, 0.25) is 0 Å². The lowest BCUT2D eigenvalue weighted by Gasteiger charge is -2.12. The maximum absolute atomic E-state index is 12.5. The Hall–Kier alpha value is -3.80. The van der Waals surface area contributed by atoms with Crippen molar-refractivity contribution < 1.29 is 14.3 Å². The summed E-state index contributed by atoms with van der Waals surface area (Å²) < 4.78 is 12.7. The molecular weight excluding hydrogens is 366 g/mol. The molecule has 3 aromatic carbocycles. The van der Waals surface area contributed by atoms with Crippen LogP contribution in [0.4, 0.5) is 0 Å². The molecule has 4 rings (SSSR count). The molecule has 0 spiro atoms. The van der Waals surface area contributed by atoms with Gasteiger partial charge in [0.2, 0.25) is 0 Å². The molecule has 0 radical (unpaired) electrons. The Kier molecular flexibility index (Phi) is 5.16. The van der Waals surface area contributed by atoms with Crippen LogP contribution in [-0.4, -0.2) is 29.7 Å². The van der Waals surface area contributed by atoms with E-state index in [1.165, 1.54) is 0 Å². The second-order valence-corrected chi connectivity index (χ2v) is 6.52. The quantitative estimate of drug-likeness (QED) is 0.544. The summed E-state index contributed by atoms with van der Waals surface area (Å²) in [5.41, 5.74) is 4.03. The number of hydrogen-bond donors (Lipinski definition) is 1. The second-order valence-electron chi connectivity index (χ2n) is 6.52. The molecule has 1 heterocycles. The lowest BCUT2D eigenvalue weighted by atomic mass is 10.1. The molecule has 1 amide bonds. The van der Waals surface area contributed by atoms with Crippen molar-refractivity contribution >= 4 is 16.9 Å². The van der Waals surface area contributed by atoms with Crippen molar-refractivity contribution in [2.75, 3.05) is 14.2 Å². The summed E-state index contributed by atoms with van der Waals surface area (Å²) in [5.74, 6) is 1.29. The molecule has 29 heavy (non-hydrogen) atoms. The van der Waals surface area contributed by atoms with Gasteiger partial charge >= 0.3 is 0 Å². The van der Waals surface area contributed by atoms with Crippen molar-refractivity contribution in [3.05, 3.63) is 84.2 Å². The first-order valence-corrected chi connectivity index (χ1v) is 9.21. The number of carbonyl (C=O) groups is 1. The zero-order chi connectivity index (χ0) is 20.2. The van der Waals surface area contributed by atoms with E-state index in [1.807, 2.05) is 59.2 Å². The van der Waals surface area contributed by atoms with Crippen molar-refractivity contribution in [1.29, 1.82) is 0 Å². The molecule has 0 aliphatic carbocycles. The van der Waals surface area contributed by atoms with Crippen molar-refractivity contribution in [2.24, 2.45) is 0 Å². The van der Waals surface area contributed by atoms with Crippen LogP contribution in [0, 0.1) is 0 Å². The topological polar surface area (TPSA) is 65.4 Å². The number of aromatic nitrogens is 2. The summed E-state index contributed by atoms with van der Waals surface area (Å²) in [6.45, 7) is 0.479. The van der Waals surface area contributed by atoms with Crippen LogP contribution in [0.15, 0.2) is 73.1 Å². The summed E-state index contributed by atoms with van der Waals surface area (Å²) in [6.07, 6.45) is 1.72. The molecule has 0 atom stereocenters. The average molecular weight is 387 g/mol. The Morgan fingerprint density at radius 2 is 1.83 bits per heavy atom. The van der Waals surface area contributed by atoms with Gasteiger partial charge in [-0.15, -0.1) is 0 Å². The highest BCUT2D eigenvalue weighted by Gasteiger charge is 2.13. The number of carbonyl (C=O) groups excluding carboxylic acids is 1. The van der Waals surface area contributed by atoms with Crippen molar-refractivity contribution in [3.8, 4) is 17.2 Å². The summed E-state index contributed by atoms with van der Waals surface area (Å²) in [5, 5.41) is 2.94. The van der Waals surface area contributed by atoms with Crippen molar-refractivity contribution in [3.63, 3.8) is 0 Å². The number of amides is 1. The Bertz CT molecular complexity index is 1150. The third-order valence-electron chi connectivity index (χ3n) is 4.75. The highest BCUT2D eigenvalue weighted by molar-refractivity contribution is 5.97. The lowest BCUT2D eigenvalue weighted by Crippen LogP contribution is -2.22. The maximum atomic E-state index is 12.5. The molecule has 0 bridgehead atoms. The Labute approximate surface area is 168 Å². The minimum Gasteiger partial charge on any atom is -0.497 e. The van der Waals surface area contributed by atoms with Gasteiger partial charge in [0.05, 0.1) is 30.9 Å². The number of methoxy groups -OCH3 is 2. The van der Waals surface area contributed by atoms with Gasteiger partial charge in [0.15, 0.2) is 0 Å². The van der Waals surface area contributed by atoms with Crippen molar-refractivity contribution in [1.82, 2.24) is 14.9 Å². The predicted molar refractivity (Wildman–Crippen MR) is 112 cm³/mol. The zero-order valence-electron chi connectivity index (χ0n) is 16.3. The molecule has 0 fully saturated rings. The molecule has 0 saturated heterocycles. The summed E-state index contributed by atoms with van der Waals surface area (Å²) in [7, 11) is 3.25. The first-order chi connectivity index (χ1) is 14.2. The van der Waals surface area contributed by atoms with E-state index in [-0.39, 0.29) is 5.91 Å². The molecule has 0 aliphatic rings. The minimum atomic E-state index is -0.135. The van der Waals surface area contributed by atoms with E-state index >= 15 is 0 Å². The number of nitrogens with one attached hydrogen (secondary N) is 1. The number of rotatable bonds is 6. The maximum Gasteiger partial charge on any atom is 0.251 e. The van der Waals surface area contributed by atoms with E-state index in [4.69, 9.17) is 9.47 Å². The summed E-state index contributed by atoms with van der Waals surface area (Å²) >= 11 is 0. The molecule has 1 N–H and O–H groups in total. The first-order valence-electron chi connectivity index (χ1n) is 9.21. The SMILES string of the molecule is COc1ccc(OC)c(-n2cnc3cc(C(=O)NCc4ccccc4)ccc32)c1. The van der Waals surface area contributed by atoms with Gasteiger partial charge in [0.25, 0.3) is 5.91 Å². The summed E-state index contributed by atoms with van der Waals surface area (Å²) in [6, 6.07) is 20.9. The predicted octanol–water partition coefficient (Wildman–Crippen LogP) is 3.97. The first kappa shape index (κ1) is 18.6. The fraction of sp³-hybridized carbons (Fsp3) is 0.130. The standard InChI is InChI=1S/C23H21N3O3/c1-28-18-9-11-22(29-2)21(13-18)26-15-25-19-12-17(8-10-20(19)26)23(27)24-14-16-6-4-3-5-7-16/h3-13,15H,14H2,1-2H3,(H,24,27). The van der Waals surface area contributed by atoms with E-state index in [0.717, 1.165) is 28.0 Å². The van der Waals surface area contributed by atoms with Gasteiger partial charge in [-0.3, -0.25) is 9.36 Å². The third kappa shape index (κ3) is 3.78. The van der Waals surface area contributed by atoms with E-state index < -0.39 is 0 Å². The second kappa shape index (κ2) is 8.06. The van der Waals surface area contributed by atoms with Crippen LogP contribution in [0.25, 0.3) is 16.7 Å². The molecule has 1 aromatic heterocycles. The van der Waals surface area contributed by atoms with E-state index in [0.29, 0.717) is 17.9 Å². The Morgan fingerprint density at radius 3 is 2.59 bits per heavy atom. The number of hydrogen-bond acceptors (Lipinski definition) is 4. The molecule has 0 aliphatic heterocycles. The van der Waals surface area contributed by atoms with Gasteiger partial charge in [-0.2, -0.15) is 0 Å². The van der Waals surface area contributed by atoms with Gasteiger partial charge in [0.1, 0.15) is 17.8 Å². The molecule has 4 aromatic rings. The van der Waals surface area contributed by atoms with Gasteiger partial charge in [0, 0.05) is 18.2 Å². The van der Waals surface area contributed by atoms with Gasteiger partial charge < -0.3 is 14.8 Å². The smallest absolute Gasteiger partial charge is 0.251 e. The highest BCUT2D eigenvalue weighted by Crippen LogP contribution is 2.30. The largest absolute Gasteiger partial charge is 0.497 e. The Balaban J connectivity index is 1.62. The van der Waals surface area contributed by atoms with Crippen LogP contribution in [0.1, 0.15) is 15.9 Å². The number of imidazole rings is 1. The fourth-order valence-corrected chi connectivity index (χ4v) is 3.21. The third-order valence-corrected chi connectivity index (χ3v) is 4.75. The van der Waals surface area contributed by atoms with Crippen molar-refractivity contribution in [2.45, 2.75) is 6.54 Å². The van der Waals surface area contributed by atoms with Crippen LogP contribution >= 0.6 is 0 Å². The van der Waals surface area contributed by atoms with Crippen LogP contribution < -0.4 is 14.8 Å². The molecule has 6 heteroatoms. The molecule has 146 valence electrons. The Morgan fingerprint density at radius 1 is 1.00 bits per heavy atom. The molecular formula is C23H21N3O3. The van der Waals surface area contributed by atoms with Gasteiger partial charge in [-0.25, -0.2) is 4.98 Å². The van der Waals surface area contributed by atoms with E-state index in [1.54, 1.807) is 32.7 Å². The van der Waals surface area contributed by atoms with E-state index in [2.05, 4.69) is 10.3 Å². The number of ether oxygens (including phenoxy) is 2. The fourth-order valence-electron chi connectivity index (χ4n) is 3.21. The highest BCUT2D eigenvalue weighted by atomic mass is 16.5. The summed E-state index contributed by atoms with van der Waals surface area (Å²) in [4.78, 5) is 17.0. The molecule has 0 saturated carbocycles. The zero-order valence-corrected chi connectivity index (χ0v) is 16.3.